The summed E-state index contributed by atoms with van der Waals surface area (Å²) in [7, 11) is 1.22. The lowest BCUT2D eigenvalue weighted by Gasteiger charge is -2.43. The Kier molecular flexibility index (Phi) is 10.6. The van der Waals surface area contributed by atoms with Gasteiger partial charge in [-0.2, -0.15) is 12.6 Å². The third kappa shape index (κ3) is 8.76. The highest BCUT2D eigenvalue weighted by molar-refractivity contribution is 7.80. The van der Waals surface area contributed by atoms with E-state index in [2.05, 4.69) is 28.0 Å². The molecule has 10 heteroatoms. The van der Waals surface area contributed by atoms with E-state index in [0.717, 1.165) is 11.1 Å². The van der Waals surface area contributed by atoms with Crippen LogP contribution in [0.25, 0.3) is 0 Å². The molecule has 0 bridgehead atoms. The number of hydrogen-bond donors (Lipinski definition) is 3. The predicted octanol–water partition coefficient (Wildman–Crippen LogP) is 3.08. The van der Waals surface area contributed by atoms with Gasteiger partial charge in [-0.05, 0) is 72.1 Å². The fourth-order valence-corrected chi connectivity index (χ4v) is 3.86. The maximum absolute atomic E-state index is 13.9. The molecule has 0 saturated heterocycles. The molecule has 3 amide bonds. The second-order valence-electron chi connectivity index (χ2n) is 10.3. The number of thiol groups is 1. The smallest absolute Gasteiger partial charge is 0.408 e. The van der Waals surface area contributed by atoms with Crippen molar-refractivity contribution in [2.75, 3.05) is 19.4 Å². The number of amides is 3. The van der Waals surface area contributed by atoms with Crippen LogP contribution in [0.4, 0.5) is 4.79 Å². The van der Waals surface area contributed by atoms with Gasteiger partial charge in [-0.25, -0.2) is 4.79 Å². The van der Waals surface area contributed by atoms with Gasteiger partial charge in [0.2, 0.25) is 11.8 Å². The topological polar surface area (TPSA) is 114 Å². The lowest BCUT2D eigenvalue weighted by Crippen LogP contribution is -2.59. The Bertz CT molecular complexity index is 916. The van der Waals surface area contributed by atoms with E-state index >= 15 is 0 Å². The highest BCUT2D eigenvalue weighted by Gasteiger charge is 2.42. The first-order valence-corrected chi connectivity index (χ1v) is 12.0. The minimum atomic E-state index is -1.09. The zero-order valence-corrected chi connectivity index (χ0v) is 23.0. The summed E-state index contributed by atoms with van der Waals surface area (Å²) in [6.45, 7) is 13.9. The van der Waals surface area contributed by atoms with E-state index in [9.17, 15) is 19.2 Å². The van der Waals surface area contributed by atoms with Gasteiger partial charge in [0, 0.05) is 11.3 Å². The summed E-state index contributed by atoms with van der Waals surface area (Å²) in [5, 5.41) is 5.16. The molecule has 0 aliphatic carbocycles. The molecule has 1 aromatic carbocycles. The zero-order chi connectivity index (χ0) is 27.1. The first-order valence-electron chi connectivity index (χ1n) is 11.4. The van der Waals surface area contributed by atoms with E-state index in [-0.39, 0.29) is 12.3 Å². The zero-order valence-electron chi connectivity index (χ0n) is 22.1. The van der Waals surface area contributed by atoms with Gasteiger partial charge in [0.15, 0.2) is 0 Å². The van der Waals surface area contributed by atoms with E-state index in [1.54, 1.807) is 41.5 Å². The molecule has 2 unspecified atom stereocenters. The summed E-state index contributed by atoms with van der Waals surface area (Å²) in [4.78, 5) is 53.0. The van der Waals surface area contributed by atoms with E-state index in [1.807, 2.05) is 32.0 Å². The second-order valence-corrected chi connectivity index (χ2v) is 10.6. The molecule has 2 N–H and O–H groups in total. The number of hydrogen-bond acceptors (Lipinski definition) is 7. The lowest BCUT2D eigenvalue weighted by molar-refractivity contribution is -0.149. The van der Waals surface area contributed by atoms with Crippen LogP contribution in [0.1, 0.15) is 64.3 Å². The molecule has 1 aromatic rings. The quantitative estimate of drug-likeness (QED) is 0.367. The van der Waals surface area contributed by atoms with Crippen molar-refractivity contribution in [3.63, 3.8) is 0 Å². The van der Waals surface area contributed by atoms with Crippen LogP contribution < -0.4 is 10.6 Å². The molecule has 0 spiro atoms. The Morgan fingerprint density at radius 1 is 1.03 bits per heavy atom. The number of rotatable bonds is 8. The second kappa shape index (κ2) is 12.3. The summed E-state index contributed by atoms with van der Waals surface area (Å²) in [5.74, 6) is -1.70. The molecule has 196 valence electrons. The summed E-state index contributed by atoms with van der Waals surface area (Å²) < 4.78 is 9.95. The fraction of sp³-hybridized carbons (Fsp3) is 0.600. The van der Waals surface area contributed by atoms with Gasteiger partial charge in [-0.15, -0.1) is 0 Å². The number of carbonyl (C=O) groups is 4. The SMILES string of the molecule is COC(=O)CNC(=O)C(c1c(C)cccc1C)N(C(=O)C(CS)NC(=O)OC(C)(C)C)C(C)(C)C. The third-order valence-electron chi connectivity index (χ3n) is 5.09. The first-order chi connectivity index (χ1) is 16.0. The average molecular weight is 510 g/mol. The van der Waals surface area contributed by atoms with Crippen molar-refractivity contribution < 1.29 is 28.7 Å². The van der Waals surface area contributed by atoms with Crippen LogP contribution in [0, 0.1) is 13.8 Å². The van der Waals surface area contributed by atoms with Gasteiger partial charge in [-0.1, -0.05) is 18.2 Å². The molecule has 0 radical (unpaired) electrons. The number of aryl methyl sites for hydroxylation is 2. The molecular weight excluding hydrogens is 470 g/mol. The van der Waals surface area contributed by atoms with E-state index < -0.39 is 47.1 Å². The molecule has 2 atom stereocenters. The number of nitrogens with one attached hydrogen (secondary N) is 2. The van der Waals surface area contributed by atoms with Gasteiger partial charge in [0.05, 0.1) is 7.11 Å². The van der Waals surface area contributed by atoms with Crippen molar-refractivity contribution in [3.05, 3.63) is 34.9 Å². The maximum atomic E-state index is 13.9. The molecule has 1 rings (SSSR count). The van der Waals surface area contributed by atoms with Gasteiger partial charge < -0.3 is 25.0 Å². The van der Waals surface area contributed by atoms with Crippen LogP contribution in [0.3, 0.4) is 0 Å². The fourth-order valence-electron chi connectivity index (χ4n) is 3.61. The maximum Gasteiger partial charge on any atom is 0.408 e. The number of benzene rings is 1. The van der Waals surface area contributed by atoms with Crippen LogP contribution in [-0.2, 0) is 23.9 Å². The van der Waals surface area contributed by atoms with Crippen molar-refractivity contribution in [1.82, 2.24) is 15.5 Å². The standard InChI is InChI=1S/C25H39N3O6S/c1-15-11-10-12-16(2)19(15)20(21(30)26-13-18(29)33-9)28(24(3,4)5)22(31)17(14-35)27-23(32)34-25(6,7)8/h10-12,17,20,35H,13-14H2,1-9H3,(H,26,30)(H,27,32). The molecule has 0 aliphatic heterocycles. The molecule has 9 nitrogen and oxygen atoms in total. The number of nitrogens with zero attached hydrogens (tertiary/aromatic N) is 1. The number of methoxy groups -OCH3 is 1. The number of ether oxygens (including phenoxy) is 2. The summed E-state index contributed by atoms with van der Waals surface area (Å²) in [6, 6.07) is 3.41. The van der Waals surface area contributed by atoms with Crippen molar-refractivity contribution >= 4 is 36.5 Å². The van der Waals surface area contributed by atoms with Gasteiger partial charge in [0.25, 0.3) is 0 Å². The minimum absolute atomic E-state index is 0.0199. The molecule has 0 fully saturated rings. The summed E-state index contributed by atoms with van der Waals surface area (Å²) >= 11 is 4.28. The third-order valence-corrected chi connectivity index (χ3v) is 5.45. The molecule has 0 aromatic heterocycles. The molecule has 0 aliphatic rings. The number of alkyl carbamates (subject to hydrolysis) is 1. The predicted molar refractivity (Wildman–Crippen MR) is 137 cm³/mol. The molecule has 35 heavy (non-hydrogen) atoms. The normalized spacial score (nSPS) is 13.3. The number of esters is 1. The van der Waals surface area contributed by atoms with Crippen LogP contribution >= 0.6 is 12.6 Å². The average Bonchev–Trinajstić information content (AvgIpc) is 2.72. The van der Waals surface area contributed by atoms with Crippen LogP contribution in [0.5, 0.6) is 0 Å². The Hall–Kier alpha value is -2.75. The molecular formula is C25H39N3O6S. The van der Waals surface area contributed by atoms with Gasteiger partial charge >= 0.3 is 12.1 Å². The highest BCUT2D eigenvalue weighted by atomic mass is 32.1. The van der Waals surface area contributed by atoms with Crippen molar-refractivity contribution in [1.29, 1.82) is 0 Å². The van der Waals surface area contributed by atoms with E-state index in [1.165, 1.54) is 12.0 Å². The largest absolute Gasteiger partial charge is 0.468 e. The molecule has 0 saturated carbocycles. The van der Waals surface area contributed by atoms with Crippen molar-refractivity contribution in [2.45, 2.75) is 78.6 Å². The van der Waals surface area contributed by atoms with Gasteiger partial charge in [-0.3, -0.25) is 14.4 Å². The van der Waals surface area contributed by atoms with Crippen LogP contribution in [0.2, 0.25) is 0 Å². The highest BCUT2D eigenvalue weighted by Crippen LogP contribution is 2.33. The summed E-state index contributed by atoms with van der Waals surface area (Å²) in [6.07, 6.45) is -0.766. The lowest BCUT2D eigenvalue weighted by atomic mass is 9.90. The van der Waals surface area contributed by atoms with Crippen molar-refractivity contribution in [2.24, 2.45) is 0 Å². The monoisotopic (exact) mass is 509 g/mol. The minimum Gasteiger partial charge on any atom is -0.468 e. The Morgan fingerprint density at radius 3 is 2.00 bits per heavy atom. The first kappa shape index (κ1) is 30.3. The van der Waals surface area contributed by atoms with E-state index in [0.29, 0.717) is 5.56 Å². The Morgan fingerprint density at radius 2 is 1.57 bits per heavy atom. The van der Waals surface area contributed by atoms with Crippen LogP contribution in [-0.4, -0.2) is 65.4 Å². The number of carbonyl (C=O) groups excluding carboxylic acids is 4. The summed E-state index contributed by atoms with van der Waals surface area (Å²) in [5.41, 5.74) is 0.622. The Labute approximate surface area is 213 Å². The Balaban J connectivity index is 3.56. The van der Waals surface area contributed by atoms with Gasteiger partial charge in [0.1, 0.15) is 24.2 Å². The van der Waals surface area contributed by atoms with Crippen LogP contribution in [0.15, 0.2) is 18.2 Å². The molecule has 0 heterocycles. The van der Waals surface area contributed by atoms with E-state index in [4.69, 9.17) is 4.74 Å². The van der Waals surface area contributed by atoms with Crippen molar-refractivity contribution in [3.8, 4) is 0 Å².